The van der Waals surface area contributed by atoms with Crippen molar-refractivity contribution in [1.29, 1.82) is 0 Å². The summed E-state index contributed by atoms with van der Waals surface area (Å²) in [5.41, 5.74) is -0.0632. The average molecular weight is 380 g/mol. The molecule has 3 fully saturated rings. The fraction of sp³-hybridized carbons (Fsp3) is 0.600. The van der Waals surface area contributed by atoms with Crippen molar-refractivity contribution >= 4 is 11.8 Å². The van der Waals surface area contributed by atoms with Crippen molar-refractivity contribution in [2.24, 2.45) is 11.3 Å². The fourth-order valence-corrected chi connectivity index (χ4v) is 4.87. The van der Waals surface area contributed by atoms with Gasteiger partial charge in [0, 0.05) is 36.4 Å². The van der Waals surface area contributed by atoms with Gasteiger partial charge in [-0.2, -0.15) is 0 Å². The highest BCUT2D eigenvalue weighted by Crippen LogP contribution is 2.50. The van der Waals surface area contributed by atoms with Crippen LogP contribution in [0.2, 0.25) is 0 Å². The summed E-state index contributed by atoms with van der Waals surface area (Å²) >= 11 is 0. The van der Waals surface area contributed by atoms with Crippen molar-refractivity contribution < 1.29 is 22.8 Å². The van der Waals surface area contributed by atoms with Crippen LogP contribution in [0.25, 0.3) is 0 Å². The number of halogens is 3. The first-order chi connectivity index (χ1) is 12.8. The number of carbonyl (C=O) groups excluding carboxylic acids is 2. The minimum atomic E-state index is -2.81. The maximum atomic E-state index is 13.5. The Morgan fingerprint density at radius 3 is 2.63 bits per heavy atom. The summed E-state index contributed by atoms with van der Waals surface area (Å²) in [5, 5.41) is 2.54. The quantitative estimate of drug-likeness (QED) is 0.874. The second-order valence-electron chi connectivity index (χ2n) is 8.16. The third kappa shape index (κ3) is 3.21. The van der Waals surface area contributed by atoms with Gasteiger partial charge < -0.3 is 10.2 Å². The smallest absolute Gasteiger partial charge is 0.267 e. The van der Waals surface area contributed by atoms with Crippen molar-refractivity contribution in [2.75, 3.05) is 13.1 Å². The lowest BCUT2D eigenvalue weighted by molar-refractivity contribution is -0.142. The van der Waals surface area contributed by atoms with Gasteiger partial charge in [-0.15, -0.1) is 0 Å². The Bertz CT molecular complexity index is 769. The van der Waals surface area contributed by atoms with Gasteiger partial charge in [0.15, 0.2) is 0 Å². The molecule has 146 valence electrons. The molecular formula is C20H23F3N2O2. The molecule has 1 aromatic rings. The Hall–Kier alpha value is -2.05. The Morgan fingerprint density at radius 1 is 1.15 bits per heavy atom. The molecule has 0 bridgehead atoms. The molecule has 1 aliphatic heterocycles. The lowest BCUT2D eigenvalue weighted by atomic mass is 9.76. The van der Waals surface area contributed by atoms with Gasteiger partial charge in [0.25, 0.3) is 11.8 Å². The number of carbonyl (C=O) groups is 2. The number of likely N-dealkylation sites (tertiary alicyclic amines) is 1. The lowest BCUT2D eigenvalue weighted by Crippen LogP contribution is -2.57. The highest BCUT2D eigenvalue weighted by Gasteiger charge is 2.54. The van der Waals surface area contributed by atoms with E-state index in [1.165, 1.54) is 18.2 Å². The summed E-state index contributed by atoms with van der Waals surface area (Å²) in [7, 11) is 0. The molecule has 1 spiro atoms. The third-order valence-corrected chi connectivity index (χ3v) is 6.56. The monoisotopic (exact) mass is 380 g/mol. The second kappa shape index (κ2) is 6.53. The van der Waals surface area contributed by atoms with Gasteiger partial charge in [0.05, 0.1) is 6.04 Å². The van der Waals surface area contributed by atoms with Crippen LogP contribution >= 0.6 is 0 Å². The van der Waals surface area contributed by atoms with E-state index in [9.17, 15) is 22.8 Å². The van der Waals surface area contributed by atoms with Crippen LogP contribution in [0.5, 0.6) is 0 Å². The molecule has 2 saturated carbocycles. The van der Waals surface area contributed by atoms with E-state index in [0.717, 1.165) is 12.8 Å². The molecule has 1 heterocycles. The van der Waals surface area contributed by atoms with Crippen LogP contribution in [0.1, 0.15) is 48.9 Å². The highest BCUT2D eigenvalue weighted by molar-refractivity contribution is 5.94. The summed E-state index contributed by atoms with van der Waals surface area (Å²) in [5.74, 6) is -4.18. The number of alkyl halides is 2. The van der Waals surface area contributed by atoms with Crippen LogP contribution < -0.4 is 5.32 Å². The van der Waals surface area contributed by atoms with E-state index in [1.54, 1.807) is 11.0 Å². The van der Waals surface area contributed by atoms with Crippen molar-refractivity contribution in [3.63, 3.8) is 0 Å². The van der Waals surface area contributed by atoms with Crippen LogP contribution in [0, 0.1) is 17.2 Å². The van der Waals surface area contributed by atoms with Crippen LogP contribution in [-0.2, 0) is 4.79 Å². The van der Waals surface area contributed by atoms with E-state index in [4.69, 9.17) is 0 Å². The average Bonchev–Trinajstić information content (AvgIpc) is 3.25. The van der Waals surface area contributed by atoms with E-state index >= 15 is 0 Å². The summed E-state index contributed by atoms with van der Waals surface area (Å²) < 4.78 is 40.4. The predicted octanol–water partition coefficient (Wildman–Crippen LogP) is 3.37. The minimum Gasteiger partial charge on any atom is -0.347 e. The molecule has 4 nitrogen and oxygen atoms in total. The summed E-state index contributed by atoms with van der Waals surface area (Å²) in [6.07, 6.45) is 3.12. The van der Waals surface area contributed by atoms with E-state index < -0.39 is 17.8 Å². The molecule has 0 radical (unpaired) electrons. The van der Waals surface area contributed by atoms with Gasteiger partial charge >= 0.3 is 0 Å². The van der Waals surface area contributed by atoms with E-state index in [1.807, 2.05) is 0 Å². The zero-order valence-corrected chi connectivity index (χ0v) is 15.0. The van der Waals surface area contributed by atoms with Crippen molar-refractivity contribution in [2.45, 2.75) is 50.5 Å². The SMILES string of the molecule is O=C(NC1CCC1(F)F)C1CCCC12CCN(C(=O)c1cccc(F)c1)C2. The molecule has 3 atom stereocenters. The third-order valence-electron chi connectivity index (χ3n) is 6.56. The van der Waals surface area contributed by atoms with Gasteiger partial charge in [-0.25, -0.2) is 13.2 Å². The summed E-state index contributed by atoms with van der Waals surface area (Å²) in [6, 6.07) is 4.52. The number of nitrogens with zero attached hydrogens (tertiary/aromatic N) is 1. The minimum absolute atomic E-state index is 0.177. The Morgan fingerprint density at radius 2 is 1.96 bits per heavy atom. The molecule has 1 N–H and O–H groups in total. The number of hydrogen-bond donors (Lipinski definition) is 1. The van der Waals surface area contributed by atoms with Crippen LogP contribution in [0.3, 0.4) is 0 Å². The van der Waals surface area contributed by atoms with E-state index in [0.29, 0.717) is 37.9 Å². The predicted molar refractivity (Wildman–Crippen MR) is 92.8 cm³/mol. The molecular weight excluding hydrogens is 357 g/mol. The molecule has 3 aliphatic rings. The molecule has 1 saturated heterocycles. The molecule has 0 aromatic heterocycles. The standard InChI is InChI=1S/C20H23F3N2O2/c21-14-4-1-3-13(11-14)18(27)25-10-9-19(12-25)7-2-5-15(19)17(26)24-16-6-8-20(16,22)23/h1,3-4,11,15-16H,2,5-10,12H2,(H,24,26). The first-order valence-electron chi connectivity index (χ1n) is 9.54. The Labute approximate surface area is 156 Å². The molecule has 27 heavy (non-hydrogen) atoms. The Balaban J connectivity index is 1.45. The first kappa shape index (κ1) is 18.3. The zero-order valence-electron chi connectivity index (χ0n) is 15.0. The lowest BCUT2D eigenvalue weighted by Gasteiger charge is -2.39. The van der Waals surface area contributed by atoms with E-state index in [-0.39, 0.29) is 29.6 Å². The summed E-state index contributed by atoms with van der Waals surface area (Å²) in [4.78, 5) is 27.0. The van der Waals surface area contributed by atoms with Crippen molar-refractivity contribution in [3.8, 4) is 0 Å². The van der Waals surface area contributed by atoms with Crippen molar-refractivity contribution in [3.05, 3.63) is 35.6 Å². The second-order valence-corrected chi connectivity index (χ2v) is 8.16. The largest absolute Gasteiger partial charge is 0.347 e. The highest BCUT2D eigenvalue weighted by atomic mass is 19.3. The number of rotatable bonds is 3. The first-order valence-corrected chi connectivity index (χ1v) is 9.54. The van der Waals surface area contributed by atoms with Gasteiger partial charge in [-0.1, -0.05) is 12.5 Å². The Kier molecular flexibility index (Phi) is 4.43. The van der Waals surface area contributed by atoms with Gasteiger partial charge in [-0.3, -0.25) is 9.59 Å². The molecule has 7 heteroatoms. The van der Waals surface area contributed by atoms with Gasteiger partial charge in [-0.05, 0) is 43.9 Å². The number of benzene rings is 1. The normalized spacial score (nSPS) is 31.7. The topological polar surface area (TPSA) is 49.4 Å². The maximum absolute atomic E-state index is 13.5. The number of nitrogens with one attached hydrogen (secondary N) is 1. The molecule has 1 aromatic carbocycles. The number of hydrogen-bond acceptors (Lipinski definition) is 2. The zero-order chi connectivity index (χ0) is 19.2. The van der Waals surface area contributed by atoms with Gasteiger partial charge in [0.1, 0.15) is 5.82 Å². The fourth-order valence-electron chi connectivity index (χ4n) is 4.87. The molecule has 4 rings (SSSR count). The van der Waals surface area contributed by atoms with E-state index in [2.05, 4.69) is 5.32 Å². The number of amides is 2. The maximum Gasteiger partial charge on any atom is 0.267 e. The van der Waals surface area contributed by atoms with Crippen LogP contribution in [0.15, 0.2) is 24.3 Å². The van der Waals surface area contributed by atoms with Crippen molar-refractivity contribution in [1.82, 2.24) is 10.2 Å². The van der Waals surface area contributed by atoms with Crippen LogP contribution in [-0.4, -0.2) is 41.8 Å². The molecule has 2 amide bonds. The molecule has 3 unspecified atom stereocenters. The van der Waals surface area contributed by atoms with Gasteiger partial charge in [0.2, 0.25) is 5.91 Å². The van der Waals surface area contributed by atoms with Crippen LogP contribution in [0.4, 0.5) is 13.2 Å². The summed E-state index contributed by atoms with van der Waals surface area (Å²) in [6.45, 7) is 0.917. The molecule has 2 aliphatic carbocycles.